The van der Waals surface area contributed by atoms with Gasteiger partial charge >= 0.3 is 0 Å². The Hall–Kier alpha value is -2.22. The molecule has 7 nitrogen and oxygen atoms in total. The molecule has 1 fully saturated rings. The van der Waals surface area contributed by atoms with Gasteiger partial charge in [0.05, 0.1) is 30.4 Å². The number of hydrogen-bond acceptors (Lipinski definition) is 6. The maximum absolute atomic E-state index is 12.3. The molecule has 0 aromatic heterocycles. The number of imide groups is 1. The molecule has 8 heteroatoms. The van der Waals surface area contributed by atoms with Crippen LogP contribution in [0.4, 0.5) is 5.69 Å². The first-order valence-corrected chi connectivity index (χ1v) is 8.34. The monoisotopic (exact) mass is 352 g/mol. The van der Waals surface area contributed by atoms with E-state index in [1.54, 1.807) is 32.0 Å². The molecule has 2 rings (SSSR count). The molecule has 2 atom stereocenters. The number of amides is 3. The normalized spacial score (nSPS) is 20.8. The quantitative estimate of drug-likeness (QED) is 0.809. The summed E-state index contributed by atoms with van der Waals surface area (Å²) >= 11 is 1.30. The smallest absolute Gasteiger partial charge is 0.244 e. The summed E-state index contributed by atoms with van der Waals surface area (Å²) in [6, 6.07) is 4.94. The first-order valence-electron chi connectivity index (χ1n) is 7.40. The highest BCUT2D eigenvalue weighted by Gasteiger charge is 2.38. The molecule has 1 aliphatic heterocycles. The SMILES string of the molecule is COc1ccc(NC(=O)CN2C(=O)[C@H](C)S[C@@H](C)C2=O)c(OC)c1. The van der Waals surface area contributed by atoms with Crippen LogP contribution in [0, 0.1) is 0 Å². The first-order chi connectivity index (χ1) is 11.4. The average Bonchev–Trinajstić information content (AvgIpc) is 2.57. The molecule has 1 saturated heterocycles. The van der Waals surface area contributed by atoms with E-state index in [2.05, 4.69) is 5.32 Å². The van der Waals surface area contributed by atoms with Gasteiger partial charge in [-0.3, -0.25) is 19.3 Å². The Morgan fingerprint density at radius 1 is 1.17 bits per heavy atom. The minimum atomic E-state index is -0.466. The molecule has 0 aliphatic carbocycles. The summed E-state index contributed by atoms with van der Waals surface area (Å²) in [7, 11) is 3.00. The minimum absolute atomic E-state index is 0.317. The van der Waals surface area contributed by atoms with Crippen molar-refractivity contribution in [2.24, 2.45) is 0 Å². The zero-order valence-corrected chi connectivity index (χ0v) is 14.8. The van der Waals surface area contributed by atoms with Crippen molar-refractivity contribution < 1.29 is 23.9 Å². The first kappa shape index (κ1) is 18.1. The number of ether oxygens (including phenoxy) is 2. The zero-order chi connectivity index (χ0) is 17.9. The maximum atomic E-state index is 12.3. The molecular formula is C16H20N2O5S. The molecule has 1 heterocycles. The van der Waals surface area contributed by atoms with Crippen molar-refractivity contribution in [3.05, 3.63) is 18.2 Å². The van der Waals surface area contributed by atoms with Crippen molar-refractivity contribution >= 4 is 35.2 Å². The summed E-state index contributed by atoms with van der Waals surface area (Å²) in [4.78, 5) is 37.5. The Bertz CT molecular complexity index is 644. The van der Waals surface area contributed by atoms with Gasteiger partial charge in [0, 0.05) is 6.07 Å². The average molecular weight is 352 g/mol. The van der Waals surface area contributed by atoms with Gasteiger partial charge in [0.25, 0.3) is 0 Å². The number of benzene rings is 1. The number of nitrogens with one attached hydrogen (secondary N) is 1. The molecule has 130 valence electrons. The van der Waals surface area contributed by atoms with Crippen molar-refractivity contribution in [3.8, 4) is 11.5 Å². The third kappa shape index (κ3) is 3.81. The fraction of sp³-hybridized carbons (Fsp3) is 0.438. The van der Waals surface area contributed by atoms with E-state index in [-0.39, 0.29) is 28.9 Å². The standard InChI is InChI=1S/C16H20N2O5S/c1-9-15(20)18(16(21)10(2)24-9)8-14(19)17-12-6-5-11(22-3)7-13(12)23-4/h5-7,9-10H,8H2,1-4H3,(H,17,19)/t9-,10-/m0/s1. The van der Waals surface area contributed by atoms with Crippen molar-refractivity contribution in [3.63, 3.8) is 0 Å². The molecule has 0 bridgehead atoms. The molecule has 0 radical (unpaired) electrons. The van der Waals surface area contributed by atoms with Crippen LogP contribution in [0.25, 0.3) is 0 Å². The van der Waals surface area contributed by atoms with E-state index in [0.29, 0.717) is 17.2 Å². The predicted octanol–water partition coefficient (Wildman–Crippen LogP) is 1.52. The lowest BCUT2D eigenvalue weighted by Crippen LogP contribution is -2.52. The van der Waals surface area contributed by atoms with Crippen LogP contribution in [0.2, 0.25) is 0 Å². The predicted molar refractivity (Wildman–Crippen MR) is 91.4 cm³/mol. The number of methoxy groups -OCH3 is 2. The Balaban J connectivity index is 2.10. The highest BCUT2D eigenvalue weighted by Crippen LogP contribution is 2.30. The zero-order valence-electron chi connectivity index (χ0n) is 14.0. The topological polar surface area (TPSA) is 84.9 Å². The lowest BCUT2D eigenvalue weighted by Gasteiger charge is -2.31. The van der Waals surface area contributed by atoms with Gasteiger partial charge in [0.2, 0.25) is 17.7 Å². The number of carbonyl (C=O) groups is 3. The largest absolute Gasteiger partial charge is 0.497 e. The van der Waals surface area contributed by atoms with Crippen LogP contribution in [0.15, 0.2) is 18.2 Å². The van der Waals surface area contributed by atoms with E-state index < -0.39 is 5.91 Å². The third-order valence-electron chi connectivity index (χ3n) is 3.62. The van der Waals surface area contributed by atoms with Crippen LogP contribution >= 0.6 is 11.8 Å². The molecule has 0 spiro atoms. The number of carbonyl (C=O) groups excluding carboxylic acids is 3. The Labute approximate surface area is 144 Å². The van der Waals surface area contributed by atoms with Crippen molar-refractivity contribution in [1.29, 1.82) is 0 Å². The van der Waals surface area contributed by atoms with E-state index >= 15 is 0 Å². The van der Waals surface area contributed by atoms with Gasteiger partial charge < -0.3 is 14.8 Å². The van der Waals surface area contributed by atoms with Crippen LogP contribution in [-0.4, -0.2) is 53.9 Å². The van der Waals surface area contributed by atoms with E-state index in [1.807, 2.05) is 0 Å². The van der Waals surface area contributed by atoms with Crippen molar-refractivity contribution in [2.45, 2.75) is 24.3 Å². The summed E-state index contributed by atoms with van der Waals surface area (Å²) in [6.07, 6.45) is 0. The van der Waals surface area contributed by atoms with Gasteiger partial charge in [-0.1, -0.05) is 0 Å². The van der Waals surface area contributed by atoms with E-state index in [1.165, 1.54) is 26.0 Å². The second-order valence-corrected chi connectivity index (χ2v) is 6.98. The van der Waals surface area contributed by atoms with Crippen LogP contribution in [0.3, 0.4) is 0 Å². The van der Waals surface area contributed by atoms with Gasteiger partial charge in [0.1, 0.15) is 18.0 Å². The molecule has 1 aliphatic rings. The van der Waals surface area contributed by atoms with E-state index in [0.717, 1.165) is 4.90 Å². The molecule has 24 heavy (non-hydrogen) atoms. The van der Waals surface area contributed by atoms with E-state index in [9.17, 15) is 14.4 Å². The number of rotatable bonds is 5. The van der Waals surface area contributed by atoms with Crippen LogP contribution in [-0.2, 0) is 14.4 Å². The summed E-state index contributed by atoms with van der Waals surface area (Å²) < 4.78 is 10.3. The number of anilines is 1. The molecule has 1 aromatic carbocycles. The Morgan fingerprint density at radius 2 is 1.79 bits per heavy atom. The summed E-state index contributed by atoms with van der Waals surface area (Å²) in [5.74, 6) is -0.145. The molecule has 0 saturated carbocycles. The summed E-state index contributed by atoms with van der Waals surface area (Å²) in [5, 5.41) is 1.97. The molecule has 3 amide bonds. The molecule has 1 N–H and O–H groups in total. The molecular weight excluding hydrogens is 332 g/mol. The number of thioether (sulfide) groups is 1. The highest BCUT2D eigenvalue weighted by atomic mass is 32.2. The Kier molecular flexibility index (Phi) is 5.71. The third-order valence-corrected chi connectivity index (χ3v) is 4.84. The summed E-state index contributed by atoms with van der Waals surface area (Å²) in [5.41, 5.74) is 0.440. The van der Waals surface area contributed by atoms with Crippen LogP contribution in [0.5, 0.6) is 11.5 Å². The van der Waals surface area contributed by atoms with Gasteiger partial charge in [0.15, 0.2) is 0 Å². The van der Waals surface area contributed by atoms with E-state index in [4.69, 9.17) is 9.47 Å². The van der Waals surface area contributed by atoms with Gasteiger partial charge in [-0.25, -0.2) is 0 Å². The van der Waals surface area contributed by atoms with Crippen LogP contribution in [0.1, 0.15) is 13.8 Å². The van der Waals surface area contributed by atoms with Gasteiger partial charge in [-0.15, -0.1) is 11.8 Å². The van der Waals surface area contributed by atoms with Gasteiger partial charge in [-0.05, 0) is 26.0 Å². The van der Waals surface area contributed by atoms with Crippen molar-refractivity contribution in [2.75, 3.05) is 26.1 Å². The van der Waals surface area contributed by atoms with Crippen LogP contribution < -0.4 is 14.8 Å². The van der Waals surface area contributed by atoms with Crippen molar-refractivity contribution in [1.82, 2.24) is 4.90 Å². The number of hydrogen-bond donors (Lipinski definition) is 1. The minimum Gasteiger partial charge on any atom is -0.497 e. The van der Waals surface area contributed by atoms with Gasteiger partial charge in [-0.2, -0.15) is 0 Å². The Morgan fingerprint density at radius 3 is 2.33 bits per heavy atom. The maximum Gasteiger partial charge on any atom is 0.244 e. The second kappa shape index (κ2) is 7.57. The number of nitrogens with zero attached hydrogens (tertiary/aromatic N) is 1. The summed E-state index contributed by atoms with van der Waals surface area (Å²) in [6.45, 7) is 3.14. The highest BCUT2D eigenvalue weighted by molar-refractivity contribution is 8.02. The molecule has 1 aromatic rings. The molecule has 0 unspecified atom stereocenters. The fourth-order valence-electron chi connectivity index (χ4n) is 2.36. The fourth-order valence-corrected chi connectivity index (χ4v) is 3.46. The lowest BCUT2D eigenvalue weighted by molar-refractivity contribution is -0.147. The second-order valence-electron chi connectivity index (χ2n) is 5.30. The lowest BCUT2D eigenvalue weighted by atomic mass is 10.2.